The molecule has 0 radical (unpaired) electrons. The van der Waals surface area contributed by atoms with Crippen molar-refractivity contribution in [3.63, 3.8) is 0 Å². The lowest BCUT2D eigenvalue weighted by molar-refractivity contribution is -0.144. The van der Waals surface area contributed by atoms with Gasteiger partial charge in [-0.2, -0.15) is 0 Å². The van der Waals surface area contributed by atoms with Crippen LogP contribution in [-0.2, 0) is 19.2 Å². The molecule has 0 aliphatic carbocycles. The van der Waals surface area contributed by atoms with E-state index in [9.17, 15) is 19.2 Å². The summed E-state index contributed by atoms with van der Waals surface area (Å²) in [5, 5.41) is 42.1. The van der Waals surface area contributed by atoms with E-state index in [0.717, 1.165) is 12.8 Å². The summed E-state index contributed by atoms with van der Waals surface area (Å²) in [5.41, 5.74) is 25.5. The van der Waals surface area contributed by atoms with Crippen LogP contribution in [0.5, 0.6) is 0 Å². The van der Waals surface area contributed by atoms with Crippen molar-refractivity contribution in [2.75, 3.05) is 13.1 Å². The molecule has 15 heteroatoms. The van der Waals surface area contributed by atoms with Crippen molar-refractivity contribution in [1.29, 1.82) is 5.41 Å². The lowest BCUT2D eigenvalue weighted by atomic mass is 10.1. The highest BCUT2D eigenvalue weighted by molar-refractivity contribution is 5.80. The fourth-order valence-corrected chi connectivity index (χ4v) is 1.58. The van der Waals surface area contributed by atoms with Crippen LogP contribution < -0.4 is 34.0 Å². The number of hydrogen-bond acceptors (Lipinski definition) is 9. The molecule has 0 bridgehead atoms. The van der Waals surface area contributed by atoms with Gasteiger partial charge in [0.1, 0.15) is 18.1 Å². The fourth-order valence-electron chi connectivity index (χ4n) is 1.58. The van der Waals surface area contributed by atoms with Crippen LogP contribution in [0.1, 0.15) is 38.5 Å². The first kappa shape index (κ1) is 32.6. The number of nitrogens with two attached hydrogens (primary N) is 5. The Balaban J connectivity index is -0.000000384. The van der Waals surface area contributed by atoms with E-state index in [1.165, 1.54) is 0 Å². The summed E-state index contributed by atoms with van der Waals surface area (Å²) in [6.07, 6.45) is 2.61. The zero-order valence-corrected chi connectivity index (χ0v) is 17.2. The summed E-state index contributed by atoms with van der Waals surface area (Å²) in [7, 11) is 0. The monoisotopic (exact) mass is 453 g/mol. The number of hydrogen-bond donors (Lipinski definition) is 11. The van der Waals surface area contributed by atoms with Gasteiger partial charge in [0.15, 0.2) is 5.96 Å². The topological polar surface area (TPSA) is 315 Å². The zero-order chi connectivity index (χ0) is 25.0. The number of rotatable bonds is 13. The summed E-state index contributed by atoms with van der Waals surface area (Å²) >= 11 is 0. The molecule has 31 heavy (non-hydrogen) atoms. The molecular formula is C16H35N7O8. The second-order valence-corrected chi connectivity index (χ2v) is 6.20. The summed E-state index contributed by atoms with van der Waals surface area (Å²) in [4.78, 5) is 40.0. The van der Waals surface area contributed by atoms with Gasteiger partial charge in [-0.1, -0.05) is 6.42 Å². The summed E-state index contributed by atoms with van der Waals surface area (Å²) in [5.74, 6) is -4.55. The zero-order valence-electron chi connectivity index (χ0n) is 17.2. The van der Waals surface area contributed by atoms with Crippen LogP contribution in [0.2, 0.25) is 0 Å². The molecule has 0 rings (SSSR count). The molecule has 3 atom stereocenters. The molecule has 0 amide bonds. The van der Waals surface area contributed by atoms with Gasteiger partial charge in [-0.15, -0.1) is 0 Å². The van der Waals surface area contributed by atoms with Gasteiger partial charge in [0.2, 0.25) is 0 Å². The van der Waals surface area contributed by atoms with Gasteiger partial charge >= 0.3 is 23.9 Å². The number of aliphatic carboxylic acids is 4. The minimum absolute atomic E-state index is 0.112. The van der Waals surface area contributed by atoms with Gasteiger partial charge < -0.3 is 54.4 Å². The highest BCUT2D eigenvalue weighted by atomic mass is 16.4. The standard InChI is InChI=1S/C6H14N4O2.C6H14N2O2.C4H7NO4/c7-4(5(11)12)2-1-3-10-6(8)9;7-4-2-1-3-5(8)6(9)10;5-2(4(8)9)1-3(6)7/h4H,1-3,7H2,(H,11,12)(H4,8,9,10);5H,1-4,7-8H2,(H,9,10);2H,1,5H2,(H,6,7)(H,8,9)/t4-;5-;2-/m000/s1. The Bertz CT molecular complexity index is 562. The molecule has 0 spiro atoms. The number of guanidine groups is 1. The molecule has 16 N–H and O–H groups in total. The maximum Gasteiger partial charge on any atom is 0.321 e. The van der Waals surface area contributed by atoms with Gasteiger partial charge in [-0.3, -0.25) is 24.6 Å². The van der Waals surface area contributed by atoms with Gasteiger partial charge in [0.05, 0.1) is 6.42 Å². The Morgan fingerprint density at radius 1 is 0.774 bits per heavy atom. The van der Waals surface area contributed by atoms with Crippen molar-refractivity contribution in [2.45, 2.75) is 56.7 Å². The van der Waals surface area contributed by atoms with Crippen LogP contribution in [0.3, 0.4) is 0 Å². The summed E-state index contributed by atoms with van der Waals surface area (Å²) < 4.78 is 0. The normalized spacial score (nSPS) is 12.5. The molecule has 0 heterocycles. The average molecular weight is 453 g/mol. The lowest BCUT2D eigenvalue weighted by Gasteiger charge is -2.06. The van der Waals surface area contributed by atoms with Gasteiger partial charge in [-0.05, 0) is 32.2 Å². The molecule has 0 aromatic carbocycles. The number of nitrogens with one attached hydrogen (secondary N) is 2. The van der Waals surface area contributed by atoms with E-state index in [1.54, 1.807) is 0 Å². The number of carboxylic acids is 4. The van der Waals surface area contributed by atoms with Crippen LogP contribution in [-0.4, -0.2) is 81.5 Å². The second-order valence-electron chi connectivity index (χ2n) is 6.20. The van der Waals surface area contributed by atoms with Crippen LogP contribution in [0.15, 0.2) is 0 Å². The predicted octanol–water partition coefficient (Wildman–Crippen LogP) is -2.94. The van der Waals surface area contributed by atoms with Gasteiger partial charge in [0, 0.05) is 6.54 Å². The van der Waals surface area contributed by atoms with Crippen LogP contribution in [0.4, 0.5) is 0 Å². The average Bonchev–Trinajstić information content (AvgIpc) is 2.65. The quantitative estimate of drug-likeness (QED) is 0.0754. The highest BCUT2D eigenvalue weighted by Crippen LogP contribution is 1.97. The van der Waals surface area contributed by atoms with Crippen LogP contribution in [0.25, 0.3) is 0 Å². The number of carbonyl (C=O) groups is 4. The SMILES string of the molecule is N=C(N)NCCC[C@H](N)C(=O)O.NCCCC[C@H](N)C(=O)O.N[C@@H](CC(=O)O)C(=O)O. The Morgan fingerprint density at radius 3 is 1.48 bits per heavy atom. The molecule has 0 aliphatic heterocycles. The Labute approximate surface area is 179 Å². The molecule has 0 saturated carbocycles. The molecule has 15 nitrogen and oxygen atoms in total. The van der Waals surface area contributed by atoms with Crippen molar-refractivity contribution >= 4 is 29.8 Å². The van der Waals surface area contributed by atoms with E-state index in [2.05, 4.69) is 5.32 Å². The fraction of sp³-hybridized carbons (Fsp3) is 0.688. The number of unbranched alkanes of at least 4 members (excludes halogenated alkanes) is 1. The molecule has 0 fully saturated rings. The van der Waals surface area contributed by atoms with Crippen molar-refractivity contribution in [3.05, 3.63) is 0 Å². The number of carboxylic acid groups (broad SMARTS) is 4. The van der Waals surface area contributed by atoms with Gasteiger partial charge in [0.25, 0.3) is 0 Å². The van der Waals surface area contributed by atoms with E-state index in [0.29, 0.717) is 32.4 Å². The third-order valence-electron chi connectivity index (χ3n) is 3.32. The highest BCUT2D eigenvalue weighted by Gasteiger charge is 2.14. The first-order valence-corrected chi connectivity index (χ1v) is 9.21. The van der Waals surface area contributed by atoms with Crippen LogP contribution in [0, 0.1) is 5.41 Å². The third kappa shape index (κ3) is 27.0. The molecule has 182 valence electrons. The molecular weight excluding hydrogens is 418 g/mol. The van der Waals surface area contributed by atoms with Crippen molar-refractivity contribution in [3.8, 4) is 0 Å². The summed E-state index contributed by atoms with van der Waals surface area (Å²) in [6.45, 7) is 1.09. The molecule has 0 aliphatic rings. The minimum Gasteiger partial charge on any atom is -0.481 e. The Kier molecular flexibility index (Phi) is 21.3. The molecule has 0 saturated heterocycles. The smallest absolute Gasteiger partial charge is 0.321 e. The first-order chi connectivity index (χ1) is 14.3. The molecule has 0 aromatic heterocycles. The first-order valence-electron chi connectivity index (χ1n) is 9.21. The Hall–Kier alpha value is -3.01. The van der Waals surface area contributed by atoms with Crippen LogP contribution >= 0.6 is 0 Å². The lowest BCUT2D eigenvalue weighted by Crippen LogP contribution is -2.34. The summed E-state index contributed by atoms with van der Waals surface area (Å²) in [6, 6.07) is -2.83. The van der Waals surface area contributed by atoms with E-state index >= 15 is 0 Å². The maximum atomic E-state index is 10.2. The second kappa shape index (κ2) is 20.3. The molecule has 0 unspecified atom stereocenters. The van der Waals surface area contributed by atoms with Gasteiger partial charge in [-0.25, -0.2) is 0 Å². The van der Waals surface area contributed by atoms with E-state index in [1.807, 2.05) is 0 Å². The predicted molar refractivity (Wildman–Crippen MR) is 111 cm³/mol. The van der Waals surface area contributed by atoms with E-state index < -0.39 is 48.4 Å². The van der Waals surface area contributed by atoms with Crippen molar-refractivity contribution in [2.24, 2.45) is 28.7 Å². The van der Waals surface area contributed by atoms with Crippen molar-refractivity contribution in [1.82, 2.24) is 5.32 Å². The van der Waals surface area contributed by atoms with E-state index in [4.69, 9.17) is 54.5 Å². The third-order valence-corrected chi connectivity index (χ3v) is 3.32. The van der Waals surface area contributed by atoms with E-state index in [-0.39, 0.29) is 5.96 Å². The minimum atomic E-state index is -1.29. The maximum absolute atomic E-state index is 10.2. The molecule has 0 aromatic rings. The Morgan fingerprint density at radius 2 is 1.19 bits per heavy atom. The van der Waals surface area contributed by atoms with Crippen molar-refractivity contribution < 1.29 is 39.6 Å². The largest absolute Gasteiger partial charge is 0.481 e.